The van der Waals surface area contributed by atoms with Crippen molar-refractivity contribution >= 4 is 11.8 Å². The number of fused-ring (bicyclic) bond motifs is 5. The van der Waals surface area contributed by atoms with E-state index in [4.69, 9.17) is 4.74 Å². The second-order valence-electron chi connectivity index (χ2n) is 11.7. The summed E-state index contributed by atoms with van der Waals surface area (Å²) in [7, 11) is 0. The van der Waals surface area contributed by atoms with Gasteiger partial charge in [0.15, 0.2) is 0 Å². The van der Waals surface area contributed by atoms with E-state index in [1.54, 1.807) is 5.57 Å². The van der Waals surface area contributed by atoms with Crippen LogP contribution in [0.1, 0.15) is 83.6 Å². The third-order valence-electron chi connectivity index (χ3n) is 10.2. The zero-order valence-corrected chi connectivity index (χ0v) is 20.3. The van der Waals surface area contributed by atoms with Crippen LogP contribution in [0.5, 0.6) is 0 Å². The maximum Gasteiger partial charge on any atom is 0.0721 e. The molecule has 4 saturated carbocycles. The molecule has 5 aliphatic rings. The average Bonchev–Trinajstić information content (AvgIpc) is 3.54. The fourth-order valence-corrected chi connectivity index (χ4v) is 10.1. The highest BCUT2D eigenvalue weighted by Gasteiger charge is 2.60. The van der Waals surface area contributed by atoms with Crippen molar-refractivity contribution in [2.75, 3.05) is 0 Å². The molecule has 2 heteroatoms. The SMILES string of the molecule is C[C@]12CC[C@H]3[C@@H](CC=C4CCCC(OCc5ccccc5)[C@@]43C)[C@@H]1CC[C@@H]2SC1CC1. The van der Waals surface area contributed by atoms with E-state index in [1.165, 1.54) is 69.8 Å². The van der Waals surface area contributed by atoms with Gasteiger partial charge in [0.1, 0.15) is 0 Å². The van der Waals surface area contributed by atoms with Gasteiger partial charge in [0.2, 0.25) is 0 Å². The van der Waals surface area contributed by atoms with Crippen LogP contribution in [-0.4, -0.2) is 16.6 Å². The molecule has 0 saturated heterocycles. The number of thioether (sulfide) groups is 1. The third-order valence-corrected chi connectivity index (χ3v) is 12.2. The Morgan fingerprint density at radius 1 is 0.968 bits per heavy atom. The van der Waals surface area contributed by atoms with Crippen LogP contribution in [0.15, 0.2) is 42.0 Å². The van der Waals surface area contributed by atoms with Crippen LogP contribution >= 0.6 is 11.8 Å². The lowest BCUT2D eigenvalue weighted by Gasteiger charge is -2.59. The van der Waals surface area contributed by atoms with Gasteiger partial charge >= 0.3 is 0 Å². The summed E-state index contributed by atoms with van der Waals surface area (Å²) in [5.41, 5.74) is 3.93. The average molecular weight is 437 g/mol. The van der Waals surface area contributed by atoms with Gasteiger partial charge in [0.05, 0.1) is 12.7 Å². The van der Waals surface area contributed by atoms with Crippen LogP contribution in [0.4, 0.5) is 0 Å². The molecule has 1 aromatic carbocycles. The second kappa shape index (κ2) is 7.94. The van der Waals surface area contributed by atoms with Crippen LogP contribution in [0, 0.1) is 28.6 Å². The van der Waals surface area contributed by atoms with E-state index in [2.05, 4.69) is 62.0 Å². The van der Waals surface area contributed by atoms with Crippen LogP contribution < -0.4 is 0 Å². The first kappa shape index (κ1) is 20.8. The van der Waals surface area contributed by atoms with E-state index in [-0.39, 0.29) is 5.41 Å². The first-order chi connectivity index (χ1) is 15.1. The molecule has 168 valence electrons. The summed E-state index contributed by atoms with van der Waals surface area (Å²) in [6.45, 7) is 6.07. The summed E-state index contributed by atoms with van der Waals surface area (Å²) >= 11 is 2.39. The molecule has 0 aromatic heterocycles. The van der Waals surface area contributed by atoms with Gasteiger partial charge in [-0.2, -0.15) is 11.8 Å². The zero-order valence-electron chi connectivity index (χ0n) is 19.5. The van der Waals surface area contributed by atoms with Gasteiger partial charge in [-0.15, -0.1) is 0 Å². The second-order valence-corrected chi connectivity index (χ2v) is 13.3. The molecule has 6 rings (SSSR count). The van der Waals surface area contributed by atoms with Gasteiger partial charge in [-0.25, -0.2) is 0 Å². The molecule has 7 atom stereocenters. The molecule has 1 aromatic rings. The molecule has 1 nitrogen and oxygen atoms in total. The number of rotatable bonds is 5. The number of allylic oxidation sites excluding steroid dienone is 1. The van der Waals surface area contributed by atoms with Crippen molar-refractivity contribution in [3.63, 3.8) is 0 Å². The summed E-state index contributed by atoms with van der Waals surface area (Å²) in [5.74, 6) is 2.66. The first-order valence-corrected chi connectivity index (χ1v) is 14.0. The van der Waals surface area contributed by atoms with E-state index in [9.17, 15) is 0 Å². The van der Waals surface area contributed by atoms with Crippen molar-refractivity contribution in [1.29, 1.82) is 0 Å². The minimum absolute atomic E-state index is 0.263. The molecule has 0 N–H and O–H groups in total. The largest absolute Gasteiger partial charge is 0.373 e. The minimum atomic E-state index is 0.263. The van der Waals surface area contributed by atoms with Crippen molar-refractivity contribution in [2.45, 2.75) is 101 Å². The van der Waals surface area contributed by atoms with Gasteiger partial charge in [-0.1, -0.05) is 55.8 Å². The van der Waals surface area contributed by atoms with Crippen LogP contribution in [0.2, 0.25) is 0 Å². The molecular formula is C29H40OS. The highest BCUT2D eigenvalue weighted by molar-refractivity contribution is 8.00. The predicted octanol–water partition coefficient (Wildman–Crippen LogP) is 7.80. The van der Waals surface area contributed by atoms with Crippen molar-refractivity contribution < 1.29 is 4.74 Å². The third kappa shape index (κ3) is 3.46. The lowest BCUT2D eigenvalue weighted by Crippen LogP contribution is -2.54. The molecule has 1 unspecified atom stereocenters. The van der Waals surface area contributed by atoms with Gasteiger partial charge in [0, 0.05) is 15.9 Å². The monoisotopic (exact) mass is 436 g/mol. The molecule has 0 aliphatic heterocycles. The van der Waals surface area contributed by atoms with Crippen LogP contribution in [-0.2, 0) is 11.3 Å². The van der Waals surface area contributed by atoms with E-state index in [0.29, 0.717) is 11.5 Å². The maximum atomic E-state index is 6.76. The summed E-state index contributed by atoms with van der Waals surface area (Å²) in [5, 5.41) is 1.93. The Hall–Kier alpha value is -0.730. The Balaban J connectivity index is 1.25. The van der Waals surface area contributed by atoms with E-state index < -0.39 is 0 Å². The number of hydrogen-bond donors (Lipinski definition) is 0. The quantitative estimate of drug-likeness (QED) is 0.435. The Morgan fingerprint density at radius 2 is 1.81 bits per heavy atom. The Labute approximate surface area is 193 Å². The van der Waals surface area contributed by atoms with Crippen molar-refractivity contribution in [1.82, 2.24) is 0 Å². The summed E-state index contributed by atoms with van der Waals surface area (Å²) in [6, 6.07) is 10.8. The molecule has 0 radical (unpaired) electrons. The van der Waals surface area contributed by atoms with Gasteiger partial charge in [-0.3, -0.25) is 0 Å². The molecule has 0 bridgehead atoms. The summed E-state index contributed by atoms with van der Waals surface area (Å²) in [4.78, 5) is 0. The van der Waals surface area contributed by atoms with Crippen molar-refractivity contribution in [3.05, 3.63) is 47.5 Å². The normalized spacial score (nSPS) is 44.2. The molecule has 0 amide bonds. The predicted molar refractivity (Wildman–Crippen MR) is 131 cm³/mol. The van der Waals surface area contributed by atoms with E-state index >= 15 is 0 Å². The van der Waals surface area contributed by atoms with E-state index in [0.717, 1.165) is 34.9 Å². The Kier molecular flexibility index (Phi) is 5.34. The van der Waals surface area contributed by atoms with E-state index in [1.807, 2.05) is 0 Å². The topological polar surface area (TPSA) is 9.23 Å². The smallest absolute Gasteiger partial charge is 0.0721 e. The Bertz CT molecular complexity index is 828. The summed E-state index contributed by atoms with van der Waals surface area (Å²) in [6.07, 6.45) is 17.1. The van der Waals surface area contributed by atoms with Crippen LogP contribution in [0.3, 0.4) is 0 Å². The highest BCUT2D eigenvalue weighted by atomic mass is 32.2. The van der Waals surface area contributed by atoms with Crippen LogP contribution in [0.25, 0.3) is 0 Å². The van der Waals surface area contributed by atoms with Gasteiger partial charge in [-0.05, 0) is 92.9 Å². The van der Waals surface area contributed by atoms with Gasteiger partial charge in [0.25, 0.3) is 0 Å². The summed E-state index contributed by atoms with van der Waals surface area (Å²) < 4.78 is 6.76. The van der Waals surface area contributed by atoms with Crippen molar-refractivity contribution in [3.8, 4) is 0 Å². The first-order valence-electron chi connectivity index (χ1n) is 13.1. The maximum absolute atomic E-state index is 6.76. The fraction of sp³-hybridized carbons (Fsp3) is 0.724. The number of benzene rings is 1. The molecule has 31 heavy (non-hydrogen) atoms. The fourth-order valence-electron chi connectivity index (χ4n) is 8.33. The molecule has 5 aliphatic carbocycles. The van der Waals surface area contributed by atoms with Gasteiger partial charge < -0.3 is 4.74 Å². The molecular weight excluding hydrogens is 396 g/mol. The van der Waals surface area contributed by atoms with Crippen molar-refractivity contribution in [2.24, 2.45) is 28.6 Å². The number of hydrogen-bond acceptors (Lipinski definition) is 2. The molecule has 4 fully saturated rings. The standard InChI is InChI=1S/C29H40OS/c1-28-18-17-25-23(24(28)15-16-27(28)31-22-12-13-22)14-11-21-9-6-10-26(29(21,25)2)30-19-20-7-4-3-5-8-20/h3-5,7-8,11,22-27H,6,9-10,12-19H2,1-2H3/t23-,24-,25-,26?,27-,28-,29-/m0/s1. The molecule has 0 spiro atoms. The Morgan fingerprint density at radius 3 is 2.61 bits per heavy atom. The lowest BCUT2D eigenvalue weighted by atomic mass is 9.47. The minimum Gasteiger partial charge on any atom is -0.373 e. The lowest BCUT2D eigenvalue weighted by molar-refractivity contribution is -0.113. The molecule has 0 heterocycles. The zero-order chi connectivity index (χ0) is 21.1. The number of ether oxygens (including phenoxy) is 1. The highest BCUT2D eigenvalue weighted by Crippen LogP contribution is 2.67.